The molecule has 0 bridgehead atoms. The molecule has 42 heavy (non-hydrogen) atoms. The molecule has 0 N–H and O–H groups in total. The number of benzene rings is 4. The van der Waals surface area contributed by atoms with Crippen LogP contribution in [0.4, 0.5) is 28.6 Å². The number of hydrogen-bond donors (Lipinski definition) is 0. The first-order chi connectivity index (χ1) is 20.0. The fourth-order valence-corrected chi connectivity index (χ4v) is 5.04. The largest absolute Gasteiger partial charge is 0.673 e. The van der Waals surface area contributed by atoms with Gasteiger partial charge >= 0.3 is 7.25 Å². The number of para-hydroxylation sites is 4. The van der Waals surface area contributed by atoms with Gasteiger partial charge in [-0.3, -0.25) is 0 Å². The average molecular weight is 578 g/mol. The van der Waals surface area contributed by atoms with Crippen LogP contribution >= 0.6 is 0 Å². The molecule has 4 aromatic rings. The Kier molecular flexibility index (Phi) is 9.94. The molecule has 0 fully saturated rings. The van der Waals surface area contributed by atoms with Gasteiger partial charge in [0.2, 0.25) is 6.34 Å². The minimum atomic E-state index is -6.00. The highest BCUT2D eigenvalue weighted by Crippen LogP contribution is 2.48. The summed E-state index contributed by atoms with van der Waals surface area (Å²) in [5.41, 5.74) is 4.54. The summed E-state index contributed by atoms with van der Waals surface area (Å²) in [5.74, 6) is 1.74. The first-order valence-electron chi connectivity index (χ1n) is 13.9. The van der Waals surface area contributed by atoms with Gasteiger partial charge in [-0.05, 0) is 52.0 Å². The van der Waals surface area contributed by atoms with Gasteiger partial charge in [-0.25, -0.2) is 9.48 Å². The molecular weight excluding hydrogens is 543 g/mol. The minimum absolute atomic E-state index is 0.00705. The van der Waals surface area contributed by atoms with Gasteiger partial charge < -0.3 is 26.7 Å². The van der Waals surface area contributed by atoms with Crippen molar-refractivity contribution in [3.63, 3.8) is 0 Å². The second-order valence-corrected chi connectivity index (χ2v) is 10.4. The summed E-state index contributed by atoms with van der Waals surface area (Å²) in [4.78, 5) is 2.36. The van der Waals surface area contributed by atoms with Crippen molar-refractivity contribution in [3.05, 3.63) is 120 Å². The number of anilines is 1. The second kappa shape index (κ2) is 13.6. The SMILES string of the molecule is CC(C)Oc1ccccc1N1C=[N+](c2ccccc2OC(C)C)C(c2ccccc2)C1c1ccccc1.F[B-](F)(F)F. The lowest BCUT2D eigenvalue weighted by Gasteiger charge is -2.25. The molecule has 4 nitrogen and oxygen atoms in total. The third kappa shape index (κ3) is 7.93. The molecule has 0 saturated heterocycles. The van der Waals surface area contributed by atoms with E-state index in [9.17, 15) is 17.3 Å². The van der Waals surface area contributed by atoms with E-state index in [0.717, 1.165) is 22.9 Å². The van der Waals surface area contributed by atoms with Gasteiger partial charge in [-0.1, -0.05) is 84.9 Å². The predicted octanol–water partition coefficient (Wildman–Crippen LogP) is 9.24. The summed E-state index contributed by atoms with van der Waals surface area (Å²) < 4.78 is 53.9. The Hall–Kier alpha value is -4.27. The Morgan fingerprint density at radius 3 is 1.64 bits per heavy atom. The molecule has 0 amide bonds. The van der Waals surface area contributed by atoms with Gasteiger partial charge in [0, 0.05) is 11.1 Å². The van der Waals surface area contributed by atoms with E-state index >= 15 is 0 Å². The van der Waals surface area contributed by atoms with Crippen LogP contribution < -0.4 is 14.4 Å². The van der Waals surface area contributed by atoms with Gasteiger partial charge in [0.25, 0.3) is 0 Å². The van der Waals surface area contributed by atoms with E-state index in [2.05, 4.69) is 141 Å². The molecule has 1 heterocycles. The number of ether oxygens (including phenoxy) is 2. The predicted molar refractivity (Wildman–Crippen MR) is 161 cm³/mol. The highest BCUT2D eigenvalue weighted by molar-refractivity contribution is 6.50. The summed E-state index contributed by atoms with van der Waals surface area (Å²) in [6.07, 6.45) is 2.36. The molecule has 0 aliphatic carbocycles. The van der Waals surface area contributed by atoms with Crippen LogP contribution in [-0.2, 0) is 0 Å². The van der Waals surface area contributed by atoms with Gasteiger partial charge in [0.05, 0.1) is 12.2 Å². The Bertz CT molecular complexity index is 1460. The molecule has 5 rings (SSSR count). The minimum Gasteiger partial charge on any atom is -0.487 e. The molecule has 2 atom stereocenters. The third-order valence-electron chi connectivity index (χ3n) is 6.44. The third-order valence-corrected chi connectivity index (χ3v) is 6.44. The number of halogens is 4. The Balaban J connectivity index is 0.000000748. The van der Waals surface area contributed by atoms with E-state index in [1.54, 1.807) is 0 Å². The van der Waals surface area contributed by atoms with E-state index in [0.29, 0.717) is 0 Å². The van der Waals surface area contributed by atoms with E-state index in [1.807, 2.05) is 12.1 Å². The fourth-order valence-electron chi connectivity index (χ4n) is 5.04. The lowest BCUT2D eigenvalue weighted by Crippen LogP contribution is -2.26. The molecule has 4 aromatic carbocycles. The average Bonchev–Trinajstić information content (AvgIpc) is 3.33. The molecule has 1 aliphatic heterocycles. The van der Waals surface area contributed by atoms with Crippen molar-refractivity contribution >= 4 is 25.0 Å². The van der Waals surface area contributed by atoms with E-state index in [-0.39, 0.29) is 24.3 Å². The van der Waals surface area contributed by atoms with E-state index < -0.39 is 7.25 Å². The smallest absolute Gasteiger partial charge is 0.487 e. The Morgan fingerprint density at radius 1 is 0.619 bits per heavy atom. The molecule has 1 aliphatic rings. The van der Waals surface area contributed by atoms with Crippen molar-refractivity contribution in [2.24, 2.45) is 0 Å². The van der Waals surface area contributed by atoms with Crippen molar-refractivity contribution in [2.45, 2.75) is 52.0 Å². The molecule has 0 aromatic heterocycles. The quantitative estimate of drug-likeness (QED) is 0.118. The highest BCUT2D eigenvalue weighted by atomic mass is 19.5. The maximum atomic E-state index is 9.75. The first kappa shape index (κ1) is 30.7. The number of hydrogen-bond acceptors (Lipinski definition) is 3. The zero-order valence-corrected chi connectivity index (χ0v) is 24.1. The zero-order chi connectivity index (χ0) is 30.3. The first-order valence-corrected chi connectivity index (χ1v) is 13.9. The molecule has 0 saturated carbocycles. The van der Waals surface area contributed by atoms with Crippen molar-refractivity contribution in [1.82, 2.24) is 0 Å². The van der Waals surface area contributed by atoms with Gasteiger partial charge in [0.1, 0.15) is 0 Å². The summed E-state index contributed by atoms with van der Waals surface area (Å²) in [6, 6.07) is 38.1. The summed E-state index contributed by atoms with van der Waals surface area (Å²) in [5, 5.41) is 0. The highest BCUT2D eigenvalue weighted by Gasteiger charge is 2.47. The van der Waals surface area contributed by atoms with Crippen LogP contribution in [0.5, 0.6) is 11.5 Å². The monoisotopic (exact) mass is 578 g/mol. The van der Waals surface area contributed by atoms with Crippen LogP contribution in [0.1, 0.15) is 50.9 Å². The molecule has 2 unspecified atom stereocenters. The lowest BCUT2D eigenvalue weighted by molar-refractivity contribution is -0.482. The standard InChI is InChI=1S/C33H35N2O2.BF4/c1-24(2)36-30-21-13-11-19-28(30)34-23-35(29-20-12-14-22-31(29)37-25(3)4)33(27-17-9-6-10-18-27)32(34)26-15-7-5-8-16-26;2-1(3,4)5/h5-25,32-33H,1-4H3;/q+1;-1. The van der Waals surface area contributed by atoms with Crippen LogP contribution in [0.15, 0.2) is 109 Å². The van der Waals surface area contributed by atoms with Crippen LogP contribution in [0.25, 0.3) is 0 Å². The number of nitrogens with zero attached hydrogens (tertiary/aromatic N) is 2. The Morgan fingerprint density at radius 2 is 1.07 bits per heavy atom. The van der Waals surface area contributed by atoms with Gasteiger partial charge in [-0.2, -0.15) is 0 Å². The summed E-state index contributed by atoms with van der Waals surface area (Å²) >= 11 is 0. The van der Waals surface area contributed by atoms with Crippen LogP contribution in [-0.4, -0.2) is 30.4 Å². The van der Waals surface area contributed by atoms with Gasteiger partial charge in [-0.15, -0.1) is 0 Å². The Labute approximate surface area is 244 Å². The molecule has 0 radical (unpaired) electrons. The van der Waals surface area contributed by atoms with Crippen LogP contribution in [0.3, 0.4) is 0 Å². The van der Waals surface area contributed by atoms with E-state index in [4.69, 9.17) is 9.47 Å². The van der Waals surface area contributed by atoms with Crippen molar-refractivity contribution in [2.75, 3.05) is 4.90 Å². The zero-order valence-electron chi connectivity index (χ0n) is 24.1. The molecule has 9 heteroatoms. The summed E-state index contributed by atoms with van der Waals surface area (Å²) in [6.45, 7) is 8.27. The topological polar surface area (TPSA) is 24.7 Å². The maximum Gasteiger partial charge on any atom is 0.673 e. The lowest BCUT2D eigenvalue weighted by atomic mass is 9.92. The number of rotatable bonds is 8. The van der Waals surface area contributed by atoms with Crippen molar-refractivity contribution in [1.29, 1.82) is 0 Å². The maximum absolute atomic E-state index is 9.75. The van der Waals surface area contributed by atoms with Crippen molar-refractivity contribution in [3.8, 4) is 11.5 Å². The fraction of sp³-hybridized carbons (Fsp3) is 0.242. The molecule has 220 valence electrons. The van der Waals surface area contributed by atoms with Crippen LogP contribution in [0, 0.1) is 0 Å². The van der Waals surface area contributed by atoms with Gasteiger partial charge in [0.15, 0.2) is 35.0 Å². The van der Waals surface area contributed by atoms with E-state index in [1.165, 1.54) is 11.1 Å². The van der Waals surface area contributed by atoms with Crippen molar-refractivity contribution < 1.29 is 31.3 Å². The normalized spacial score (nSPS) is 16.6. The second-order valence-electron chi connectivity index (χ2n) is 10.4. The summed E-state index contributed by atoms with van der Waals surface area (Å²) in [7, 11) is -6.00. The molecular formula is C33H35BF4N2O2. The van der Waals surface area contributed by atoms with Crippen LogP contribution in [0.2, 0.25) is 0 Å². The molecule has 0 spiro atoms.